The molecule has 1 heterocycles. The fraction of sp³-hybridized carbons (Fsp3) is 1.00. The van der Waals surface area contributed by atoms with Crippen LogP contribution in [0.3, 0.4) is 0 Å². The summed E-state index contributed by atoms with van der Waals surface area (Å²) >= 11 is 0. The molecule has 1 aliphatic rings. The molecule has 4 unspecified atom stereocenters. The fourth-order valence-electron chi connectivity index (χ4n) is 2.60. The molecule has 0 aromatic rings. The van der Waals surface area contributed by atoms with E-state index in [4.69, 9.17) is 0 Å². The van der Waals surface area contributed by atoms with Crippen LogP contribution in [-0.2, 0) is 10.8 Å². The SMILES string of the molecule is CC(C)C1CN(CC(C)S(C)=O)C(C(C)C)CN1. The highest BCUT2D eigenvalue weighted by Crippen LogP contribution is 2.19. The number of hydrogen-bond donors (Lipinski definition) is 1. The smallest absolute Gasteiger partial charge is 0.0444 e. The van der Waals surface area contributed by atoms with Gasteiger partial charge in [0.2, 0.25) is 0 Å². The average Bonchev–Trinajstić information content (AvgIpc) is 2.28. The third-order valence-electron chi connectivity index (χ3n) is 4.12. The summed E-state index contributed by atoms with van der Waals surface area (Å²) in [5.41, 5.74) is 0. The van der Waals surface area contributed by atoms with Crippen molar-refractivity contribution >= 4 is 10.8 Å². The molecule has 0 spiro atoms. The maximum absolute atomic E-state index is 11.6. The zero-order valence-electron chi connectivity index (χ0n) is 12.8. The third kappa shape index (κ3) is 4.32. The minimum atomic E-state index is -0.724. The van der Waals surface area contributed by atoms with Crippen LogP contribution in [0.25, 0.3) is 0 Å². The van der Waals surface area contributed by atoms with Crippen molar-refractivity contribution in [1.29, 1.82) is 0 Å². The van der Waals surface area contributed by atoms with Crippen molar-refractivity contribution in [2.24, 2.45) is 11.8 Å². The Hall–Kier alpha value is 0.0700. The van der Waals surface area contributed by atoms with Gasteiger partial charge >= 0.3 is 0 Å². The van der Waals surface area contributed by atoms with E-state index in [9.17, 15) is 4.21 Å². The predicted molar refractivity (Wildman–Crippen MR) is 80.4 cm³/mol. The van der Waals surface area contributed by atoms with Crippen LogP contribution in [-0.4, -0.2) is 52.3 Å². The van der Waals surface area contributed by atoms with Gasteiger partial charge in [0, 0.05) is 54.0 Å². The second kappa shape index (κ2) is 7.01. The standard InChI is InChI=1S/C14H30N2OS/c1-10(2)13-9-16(8-12(5)18(6)17)14(7-15-13)11(3)4/h10-15H,7-9H2,1-6H3. The van der Waals surface area contributed by atoms with Crippen LogP contribution >= 0.6 is 0 Å². The topological polar surface area (TPSA) is 32.3 Å². The highest BCUT2D eigenvalue weighted by molar-refractivity contribution is 7.84. The fourth-order valence-corrected chi connectivity index (χ4v) is 3.00. The number of nitrogens with zero attached hydrogens (tertiary/aromatic N) is 1. The monoisotopic (exact) mass is 274 g/mol. The zero-order valence-corrected chi connectivity index (χ0v) is 13.6. The highest BCUT2D eigenvalue weighted by Gasteiger charge is 2.32. The zero-order chi connectivity index (χ0) is 13.9. The van der Waals surface area contributed by atoms with Gasteiger partial charge in [-0.3, -0.25) is 9.11 Å². The van der Waals surface area contributed by atoms with Crippen molar-refractivity contribution in [3.8, 4) is 0 Å². The molecule has 0 saturated carbocycles. The summed E-state index contributed by atoms with van der Waals surface area (Å²) in [4.78, 5) is 2.55. The molecule has 0 bridgehead atoms. The Bertz CT molecular complexity index is 281. The van der Waals surface area contributed by atoms with Crippen LogP contribution in [0.15, 0.2) is 0 Å². The van der Waals surface area contributed by atoms with E-state index in [2.05, 4.69) is 44.8 Å². The largest absolute Gasteiger partial charge is 0.311 e. The Morgan fingerprint density at radius 3 is 2.28 bits per heavy atom. The van der Waals surface area contributed by atoms with E-state index in [1.165, 1.54) is 0 Å². The summed E-state index contributed by atoms with van der Waals surface area (Å²) in [5, 5.41) is 3.93. The maximum atomic E-state index is 11.6. The van der Waals surface area contributed by atoms with E-state index in [1.54, 1.807) is 0 Å². The number of rotatable bonds is 5. The maximum Gasteiger partial charge on any atom is 0.0444 e. The van der Waals surface area contributed by atoms with Crippen LogP contribution in [0.5, 0.6) is 0 Å². The minimum Gasteiger partial charge on any atom is -0.311 e. The Labute approximate surface area is 115 Å². The van der Waals surface area contributed by atoms with Gasteiger partial charge in [-0.25, -0.2) is 0 Å². The molecule has 1 fully saturated rings. The van der Waals surface area contributed by atoms with Crippen LogP contribution < -0.4 is 5.32 Å². The van der Waals surface area contributed by atoms with Gasteiger partial charge in [0.1, 0.15) is 0 Å². The third-order valence-corrected chi connectivity index (χ3v) is 5.40. The molecule has 4 heteroatoms. The summed E-state index contributed by atoms with van der Waals surface area (Å²) in [6.07, 6.45) is 1.82. The van der Waals surface area contributed by atoms with Crippen LogP contribution in [0.4, 0.5) is 0 Å². The lowest BCUT2D eigenvalue weighted by Gasteiger charge is -2.44. The second-order valence-corrected chi connectivity index (χ2v) is 8.14. The van der Waals surface area contributed by atoms with Crippen LogP contribution in [0.2, 0.25) is 0 Å². The van der Waals surface area contributed by atoms with Crippen molar-refractivity contribution in [3.63, 3.8) is 0 Å². The van der Waals surface area contributed by atoms with Gasteiger partial charge in [0.15, 0.2) is 0 Å². The van der Waals surface area contributed by atoms with Crippen molar-refractivity contribution in [2.75, 3.05) is 25.9 Å². The molecular weight excluding hydrogens is 244 g/mol. The first-order valence-corrected chi connectivity index (χ1v) is 8.74. The van der Waals surface area contributed by atoms with E-state index in [1.807, 2.05) is 6.26 Å². The van der Waals surface area contributed by atoms with E-state index in [0.29, 0.717) is 23.9 Å². The van der Waals surface area contributed by atoms with Crippen molar-refractivity contribution in [1.82, 2.24) is 10.2 Å². The molecular formula is C14H30N2OS. The molecule has 1 saturated heterocycles. The van der Waals surface area contributed by atoms with Gasteiger partial charge in [0.05, 0.1) is 0 Å². The molecule has 4 atom stereocenters. The lowest BCUT2D eigenvalue weighted by Crippen LogP contribution is -2.60. The normalized spacial score (nSPS) is 29.8. The summed E-state index contributed by atoms with van der Waals surface area (Å²) in [7, 11) is -0.724. The molecule has 0 radical (unpaired) electrons. The average molecular weight is 274 g/mol. The molecule has 3 nitrogen and oxygen atoms in total. The number of hydrogen-bond acceptors (Lipinski definition) is 3. The Balaban J connectivity index is 2.69. The lowest BCUT2D eigenvalue weighted by molar-refractivity contribution is 0.0864. The van der Waals surface area contributed by atoms with Gasteiger partial charge < -0.3 is 5.32 Å². The molecule has 0 aromatic heterocycles. The second-order valence-electron chi connectivity index (χ2n) is 6.33. The first-order valence-electron chi connectivity index (χ1n) is 7.12. The van der Waals surface area contributed by atoms with Gasteiger partial charge in [-0.15, -0.1) is 0 Å². The molecule has 18 heavy (non-hydrogen) atoms. The van der Waals surface area contributed by atoms with Crippen molar-refractivity contribution < 1.29 is 4.21 Å². The van der Waals surface area contributed by atoms with Gasteiger partial charge in [0.25, 0.3) is 0 Å². The van der Waals surface area contributed by atoms with Gasteiger partial charge in [-0.1, -0.05) is 27.7 Å². The predicted octanol–water partition coefficient (Wildman–Crippen LogP) is 1.71. The summed E-state index contributed by atoms with van der Waals surface area (Å²) in [6.45, 7) is 14.3. The lowest BCUT2D eigenvalue weighted by atomic mass is 9.94. The molecule has 0 aliphatic carbocycles. The van der Waals surface area contributed by atoms with Crippen LogP contribution in [0.1, 0.15) is 34.6 Å². The van der Waals surface area contributed by atoms with E-state index in [0.717, 1.165) is 19.6 Å². The molecule has 1 rings (SSSR count). The molecule has 1 N–H and O–H groups in total. The quantitative estimate of drug-likeness (QED) is 0.828. The molecule has 0 amide bonds. The minimum absolute atomic E-state index is 0.261. The summed E-state index contributed by atoms with van der Waals surface area (Å²) in [5.74, 6) is 1.30. The Morgan fingerprint density at radius 2 is 1.83 bits per heavy atom. The molecule has 108 valence electrons. The number of nitrogens with one attached hydrogen (secondary N) is 1. The Morgan fingerprint density at radius 1 is 1.22 bits per heavy atom. The van der Waals surface area contributed by atoms with Gasteiger partial charge in [-0.2, -0.15) is 0 Å². The van der Waals surface area contributed by atoms with Crippen LogP contribution in [0, 0.1) is 11.8 Å². The van der Waals surface area contributed by atoms with E-state index < -0.39 is 10.8 Å². The summed E-state index contributed by atoms with van der Waals surface area (Å²) in [6, 6.07) is 1.14. The first kappa shape index (κ1) is 16.1. The van der Waals surface area contributed by atoms with E-state index in [-0.39, 0.29) is 5.25 Å². The number of piperazine rings is 1. The van der Waals surface area contributed by atoms with E-state index >= 15 is 0 Å². The molecule has 1 aliphatic heterocycles. The Kier molecular flexibility index (Phi) is 6.28. The molecule has 0 aromatic carbocycles. The van der Waals surface area contributed by atoms with Crippen molar-refractivity contribution in [2.45, 2.75) is 52.0 Å². The first-order chi connectivity index (χ1) is 8.32. The van der Waals surface area contributed by atoms with Gasteiger partial charge in [-0.05, 0) is 18.8 Å². The summed E-state index contributed by atoms with van der Waals surface area (Å²) < 4.78 is 11.6. The highest BCUT2D eigenvalue weighted by atomic mass is 32.2. The van der Waals surface area contributed by atoms with Crippen molar-refractivity contribution in [3.05, 3.63) is 0 Å².